The molecule has 1 aromatic heterocycles. The number of anilines is 2. The molecule has 0 atom stereocenters. The first kappa shape index (κ1) is 16.2. The lowest BCUT2D eigenvalue weighted by Gasteiger charge is -2.07. The van der Waals surface area contributed by atoms with Gasteiger partial charge in [0.15, 0.2) is 15.7 Å². The highest BCUT2D eigenvalue weighted by Gasteiger charge is 2.23. The van der Waals surface area contributed by atoms with Gasteiger partial charge in [0.05, 0.1) is 25.6 Å². The van der Waals surface area contributed by atoms with Gasteiger partial charge < -0.3 is 20.5 Å². The van der Waals surface area contributed by atoms with Crippen LogP contribution in [-0.2, 0) is 19.3 Å². The monoisotopic (exact) mass is 309 g/mol. The second-order valence-corrected chi connectivity index (χ2v) is 6.65. The minimum Gasteiger partial charge on any atom is -0.382 e. The molecule has 9 heteroatoms. The van der Waals surface area contributed by atoms with Crippen LogP contribution < -0.4 is 11.1 Å². The maximum absolute atomic E-state index is 11.9. The Kier molecular flexibility index (Phi) is 6.49. The SMILES string of the molecule is CCS(=O)(=O)c1c(N)nsc1NCCOCCOC. The normalized spacial score (nSPS) is 11.7. The third-order valence-electron chi connectivity index (χ3n) is 2.33. The van der Waals surface area contributed by atoms with Gasteiger partial charge in [-0.2, -0.15) is 4.37 Å². The van der Waals surface area contributed by atoms with Gasteiger partial charge in [-0.3, -0.25) is 0 Å². The van der Waals surface area contributed by atoms with Crippen LogP contribution in [0.15, 0.2) is 4.90 Å². The molecule has 110 valence electrons. The molecule has 0 spiro atoms. The first-order valence-corrected chi connectivity index (χ1v) is 8.24. The smallest absolute Gasteiger partial charge is 0.184 e. The topological polar surface area (TPSA) is 104 Å². The van der Waals surface area contributed by atoms with Crippen LogP contribution in [0.4, 0.5) is 10.8 Å². The molecule has 0 saturated carbocycles. The van der Waals surface area contributed by atoms with Crippen LogP contribution >= 0.6 is 11.5 Å². The molecule has 0 bridgehead atoms. The number of rotatable bonds is 9. The molecular formula is C10H19N3O4S2. The van der Waals surface area contributed by atoms with Gasteiger partial charge in [0.1, 0.15) is 9.90 Å². The number of nitrogens with zero attached hydrogens (tertiary/aromatic N) is 1. The Morgan fingerprint density at radius 1 is 1.37 bits per heavy atom. The summed E-state index contributed by atoms with van der Waals surface area (Å²) in [5.74, 6) is 0.0453. The predicted octanol–water partition coefficient (Wildman–Crippen LogP) is 0.594. The summed E-state index contributed by atoms with van der Waals surface area (Å²) < 4.78 is 37.7. The van der Waals surface area contributed by atoms with Gasteiger partial charge in [0.25, 0.3) is 0 Å². The van der Waals surface area contributed by atoms with Gasteiger partial charge in [-0.15, -0.1) is 0 Å². The molecule has 0 aliphatic carbocycles. The van der Waals surface area contributed by atoms with Crippen molar-refractivity contribution in [1.29, 1.82) is 0 Å². The zero-order valence-corrected chi connectivity index (χ0v) is 12.6. The van der Waals surface area contributed by atoms with Crippen LogP contribution in [0.25, 0.3) is 0 Å². The molecule has 0 aliphatic heterocycles. The van der Waals surface area contributed by atoms with Crippen molar-refractivity contribution in [3.8, 4) is 0 Å². The van der Waals surface area contributed by atoms with E-state index in [1.54, 1.807) is 14.0 Å². The molecule has 1 aromatic rings. The summed E-state index contributed by atoms with van der Waals surface area (Å²) >= 11 is 1.04. The van der Waals surface area contributed by atoms with Crippen LogP contribution in [0.1, 0.15) is 6.92 Å². The zero-order valence-electron chi connectivity index (χ0n) is 11.0. The fourth-order valence-corrected chi connectivity index (χ4v) is 3.53. The van der Waals surface area contributed by atoms with Crippen molar-refractivity contribution in [2.75, 3.05) is 50.3 Å². The van der Waals surface area contributed by atoms with Crippen LogP contribution in [0, 0.1) is 0 Å². The molecular weight excluding hydrogens is 290 g/mol. The Labute approximate surface area is 117 Å². The summed E-state index contributed by atoms with van der Waals surface area (Å²) in [4.78, 5) is 0.0943. The fraction of sp³-hybridized carbons (Fsp3) is 0.700. The van der Waals surface area contributed by atoms with Crippen LogP contribution in [0.5, 0.6) is 0 Å². The molecule has 1 heterocycles. The molecule has 7 nitrogen and oxygen atoms in total. The van der Waals surface area contributed by atoms with Crippen LogP contribution in [0.3, 0.4) is 0 Å². The third-order valence-corrected chi connectivity index (χ3v) is 5.07. The molecule has 0 aromatic carbocycles. The van der Waals surface area contributed by atoms with Crippen molar-refractivity contribution < 1.29 is 17.9 Å². The summed E-state index contributed by atoms with van der Waals surface area (Å²) in [5.41, 5.74) is 5.61. The Bertz CT molecular complexity index is 487. The van der Waals surface area contributed by atoms with E-state index in [-0.39, 0.29) is 16.5 Å². The van der Waals surface area contributed by atoms with E-state index in [1.807, 2.05) is 0 Å². The maximum Gasteiger partial charge on any atom is 0.184 e. The third kappa shape index (κ3) is 4.60. The number of sulfone groups is 1. The second kappa shape index (κ2) is 7.63. The van der Waals surface area contributed by atoms with E-state index in [9.17, 15) is 8.42 Å². The highest BCUT2D eigenvalue weighted by atomic mass is 32.2. The van der Waals surface area contributed by atoms with E-state index in [4.69, 9.17) is 15.2 Å². The van der Waals surface area contributed by atoms with Crippen LogP contribution in [-0.4, -0.2) is 52.0 Å². The van der Waals surface area contributed by atoms with Crippen molar-refractivity contribution in [2.45, 2.75) is 11.8 Å². The number of ether oxygens (including phenoxy) is 2. The van der Waals surface area contributed by atoms with Crippen molar-refractivity contribution in [2.24, 2.45) is 0 Å². The highest BCUT2D eigenvalue weighted by Crippen LogP contribution is 2.31. The largest absolute Gasteiger partial charge is 0.382 e. The number of nitrogens with two attached hydrogens (primary N) is 1. The Morgan fingerprint density at radius 3 is 2.74 bits per heavy atom. The lowest BCUT2D eigenvalue weighted by Crippen LogP contribution is -2.14. The van der Waals surface area contributed by atoms with E-state index in [0.717, 1.165) is 11.5 Å². The summed E-state index contributed by atoms with van der Waals surface area (Å²) in [6.45, 7) is 3.54. The lowest BCUT2D eigenvalue weighted by molar-refractivity contribution is 0.0759. The average molecular weight is 309 g/mol. The standard InChI is InChI=1S/C10H19N3O4S2/c1-3-19(14,15)8-9(11)13-18-10(8)12-4-5-17-7-6-16-2/h12H,3-7H2,1-2H3,(H2,11,13). The summed E-state index contributed by atoms with van der Waals surface area (Å²) in [6, 6.07) is 0. The summed E-state index contributed by atoms with van der Waals surface area (Å²) in [6.07, 6.45) is 0. The Balaban J connectivity index is 2.56. The summed E-state index contributed by atoms with van der Waals surface area (Å²) in [7, 11) is -1.77. The Hall–Kier alpha value is -0.900. The first-order chi connectivity index (χ1) is 9.03. The minimum atomic E-state index is -3.37. The predicted molar refractivity (Wildman–Crippen MR) is 75.4 cm³/mol. The quantitative estimate of drug-likeness (QED) is 0.643. The maximum atomic E-state index is 11.9. The van der Waals surface area contributed by atoms with Gasteiger partial charge in [-0.05, 0) is 11.5 Å². The minimum absolute atomic E-state index is 0.00533. The number of hydrogen-bond acceptors (Lipinski definition) is 8. The molecule has 0 fully saturated rings. The van der Waals surface area contributed by atoms with Crippen molar-refractivity contribution >= 4 is 32.2 Å². The van der Waals surface area contributed by atoms with Gasteiger partial charge >= 0.3 is 0 Å². The van der Waals surface area contributed by atoms with Crippen molar-refractivity contribution in [3.63, 3.8) is 0 Å². The number of hydrogen-bond donors (Lipinski definition) is 2. The first-order valence-electron chi connectivity index (χ1n) is 5.81. The van der Waals surface area contributed by atoms with Crippen LogP contribution in [0.2, 0.25) is 0 Å². The highest BCUT2D eigenvalue weighted by molar-refractivity contribution is 7.91. The number of aromatic nitrogens is 1. The van der Waals surface area contributed by atoms with Crippen molar-refractivity contribution in [1.82, 2.24) is 4.37 Å². The molecule has 0 aliphatic rings. The molecule has 0 radical (unpaired) electrons. The molecule has 0 unspecified atom stereocenters. The Morgan fingerprint density at radius 2 is 2.11 bits per heavy atom. The van der Waals surface area contributed by atoms with E-state index >= 15 is 0 Å². The fourth-order valence-electron chi connectivity index (χ4n) is 1.33. The zero-order chi connectivity index (χ0) is 14.3. The molecule has 3 N–H and O–H groups in total. The van der Waals surface area contributed by atoms with E-state index < -0.39 is 9.84 Å². The van der Waals surface area contributed by atoms with Crippen molar-refractivity contribution in [3.05, 3.63) is 0 Å². The molecule has 1 rings (SSSR count). The molecule has 19 heavy (non-hydrogen) atoms. The number of methoxy groups -OCH3 is 1. The van der Waals surface area contributed by atoms with E-state index in [0.29, 0.717) is 31.4 Å². The van der Waals surface area contributed by atoms with E-state index in [1.165, 1.54) is 0 Å². The van der Waals surface area contributed by atoms with Gasteiger partial charge in [-0.25, -0.2) is 8.42 Å². The van der Waals surface area contributed by atoms with E-state index in [2.05, 4.69) is 9.69 Å². The van der Waals surface area contributed by atoms with Gasteiger partial charge in [0, 0.05) is 13.7 Å². The average Bonchev–Trinajstić information content (AvgIpc) is 2.75. The van der Waals surface area contributed by atoms with Gasteiger partial charge in [-0.1, -0.05) is 6.92 Å². The number of nitrogen functional groups attached to an aromatic ring is 1. The lowest BCUT2D eigenvalue weighted by atomic mass is 10.5. The molecule has 0 saturated heterocycles. The summed E-state index contributed by atoms with van der Waals surface area (Å²) in [5, 5.41) is 3.45. The molecule has 0 amide bonds. The van der Waals surface area contributed by atoms with Gasteiger partial charge in [0.2, 0.25) is 0 Å². The second-order valence-electron chi connectivity index (χ2n) is 3.66. The number of nitrogens with one attached hydrogen (secondary N) is 1.